The Balaban J connectivity index is 8.16. The second kappa shape index (κ2) is 31.5. The van der Waals surface area contributed by atoms with Gasteiger partial charge in [-0.15, -0.1) is 0 Å². The van der Waals surface area contributed by atoms with Gasteiger partial charge in [-0.2, -0.15) is 0 Å². The molecule has 3 nitrogen and oxygen atoms in total. The number of rotatable bonds is 23. The quantitative estimate of drug-likeness (QED) is 0.0819. The van der Waals surface area contributed by atoms with E-state index in [1.54, 1.807) is 0 Å². The SMILES string of the molecule is O=[SH](=O)OC(Br)(Br)C(Br)(Br)C(Br)(Br)C(Br)(Br)C(Br)(Br)C(Br)(Br)C(Br)(Br)C(Br)(Br)C(Br)(Br)C(Br)(Br)C(Br)(Br)C(Br)(Br)C(Br)(Br)C(Br)(Br)C(Br)(Br)C(Br)(Br)C(Br)(Br)C(Br)(Br)C(Br)(Br)C(Br)(Br)C(Br)(Br)C(Br)(Br)C(Br)(Br)Br. The summed E-state index contributed by atoms with van der Waals surface area (Å²) in [5.74, 6) is 0. The second-order valence-electron chi connectivity index (χ2n) is 13.4. The summed E-state index contributed by atoms with van der Waals surface area (Å²) in [6, 6.07) is 0. The number of thiol groups is 1. The molecule has 0 aromatic heterocycles. The van der Waals surface area contributed by atoms with Crippen LogP contribution in [-0.2, 0) is 15.2 Å². The Morgan fingerprint density at radius 2 is 0.257 bits per heavy atom. The van der Waals surface area contributed by atoms with E-state index in [0.29, 0.717) is 0 Å². The van der Waals surface area contributed by atoms with E-state index in [0.717, 1.165) is 0 Å². The van der Waals surface area contributed by atoms with Crippen molar-refractivity contribution in [1.29, 1.82) is 0 Å². The van der Waals surface area contributed by atoms with Crippen molar-refractivity contribution >= 4 is 760 Å². The third-order valence-electron chi connectivity index (χ3n) is 8.80. The van der Waals surface area contributed by atoms with Crippen molar-refractivity contribution in [2.45, 2.75) is 73.5 Å². The van der Waals surface area contributed by atoms with Gasteiger partial charge in [0, 0.05) is 0 Å². The van der Waals surface area contributed by atoms with Crippen molar-refractivity contribution in [2.24, 2.45) is 0 Å². The summed E-state index contributed by atoms with van der Waals surface area (Å²) >= 11 is 184. The van der Waals surface area contributed by atoms with E-state index in [1.807, 2.05) is 0 Å². The normalized spacial score (nSPS) is 17.4. The van der Waals surface area contributed by atoms with Crippen molar-refractivity contribution < 1.29 is 12.6 Å². The zero-order valence-corrected chi connectivity index (χ0v) is 106. The summed E-state index contributed by atoms with van der Waals surface area (Å²) in [4.78, 5) is 0. The average molecular weight is 4110 g/mol. The van der Waals surface area contributed by atoms with Crippen LogP contribution in [0.2, 0.25) is 0 Å². The molecule has 0 heterocycles. The van der Waals surface area contributed by atoms with Crippen LogP contribution < -0.4 is 0 Å². The van der Waals surface area contributed by atoms with Crippen molar-refractivity contribution in [2.75, 3.05) is 0 Å². The Bertz CT molecular complexity index is 2130. The first kappa shape index (κ1) is 96.5. The maximum absolute atomic E-state index is 11.9. The van der Waals surface area contributed by atoms with Gasteiger partial charge in [0.25, 0.3) is 11.0 Å². The molecule has 0 amide bonds. The van der Waals surface area contributed by atoms with Crippen LogP contribution in [0.3, 0.4) is 0 Å². The summed E-state index contributed by atoms with van der Waals surface area (Å²) in [6.45, 7) is 0. The predicted octanol–water partition coefficient (Wildman–Crippen LogP) is 34.0. The van der Waals surface area contributed by atoms with E-state index in [2.05, 4.69) is 749 Å². The molecular weight excluding hydrogens is 4110 g/mol. The minimum Gasteiger partial charge on any atom is -0.239 e. The van der Waals surface area contributed by atoms with Gasteiger partial charge in [0.1, 0.15) is 64.7 Å². The summed E-state index contributed by atoms with van der Waals surface area (Å²) in [5, 5.41) is 0. The fraction of sp³-hybridized carbons (Fsp3) is 1.00. The van der Waals surface area contributed by atoms with Gasteiger partial charge in [-0.25, -0.2) is 12.6 Å². The molecule has 0 atom stereocenters. The van der Waals surface area contributed by atoms with Crippen LogP contribution in [-0.4, -0.2) is 81.9 Å². The van der Waals surface area contributed by atoms with Crippen LogP contribution in [0.4, 0.5) is 0 Å². The minimum atomic E-state index is -3.39. The first-order chi connectivity index (χ1) is 30.9. The van der Waals surface area contributed by atoms with Crippen LogP contribution in [0, 0.1) is 0 Å². The molecule has 0 fully saturated rings. The number of alkyl halides is 47. The first-order valence-electron chi connectivity index (χ1n) is 15.1. The lowest BCUT2D eigenvalue weighted by Crippen LogP contribution is -2.74. The van der Waals surface area contributed by atoms with E-state index in [-0.39, 0.29) is 0 Å². The molecule has 0 aromatic carbocycles. The van der Waals surface area contributed by atoms with E-state index >= 15 is 0 Å². The van der Waals surface area contributed by atoms with Crippen molar-refractivity contribution in [3.63, 3.8) is 0 Å². The van der Waals surface area contributed by atoms with Gasteiger partial charge in [0.05, 0.1) is 0 Å². The largest absolute Gasteiger partial charge is 0.259 e. The molecule has 0 saturated carbocycles. The molecule has 0 saturated heterocycles. The number of hydrogen-bond donors (Lipinski definition) is 1. The Labute approximate surface area is 824 Å². The van der Waals surface area contributed by atoms with E-state index in [1.165, 1.54) is 0 Å². The van der Waals surface area contributed by atoms with E-state index in [4.69, 9.17) is 4.18 Å². The van der Waals surface area contributed by atoms with E-state index < -0.39 is 84.5 Å². The molecule has 51 heteroatoms. The van der Waals surface area contributed by atoms with Crippen molar-refractivity contribution in [3.8, 4) is 0 Å². The molecule has 74 heavy (non-hydrogen) atoms. The standard InChI is InChI=1S/C23HBr47O3S/c24-1(25,2(26,27)4(30,31)6(34,35)8(38,39)10(42,43)12(46,47)14(50,51)16(54,55)18(58,59)20(62,63)22(66,67)68)3(28,29)5(32,33)7(36,37)9(40,41)11(44,45)13(48,49)15(52,53)17(56,57)19(60,61)21(64,65)23(69,70)73-74(71)72/h74H. The first-order valence-corrected chi connectivity index (χ1v) is 53.5. The maximum atomic E-state index is 11.9. The van der Waals surface area contributed by atoms with Gasteiger partial charge in [-0.05, 0) is 31.9 Å². The Morgan fingerprint density at radius 3 is 0.351 bits per heavy atom. The molecule has 0 unspecified atom stereocenters. The fourth-order valence-corrected chi connectivity index (χ4v) is 53.8. The summed E-state index contributed by atoms with van der Waals surface area (Å²) in [5.41, 5.74) is 0. The van der Waals surface area contributed by atoms with Crippen LogP contribution in [0.25, 0.3) is 0 Å². The Kier molecular flexibility index (Phi) is 41.1. The van der Waals surface area contributed by atoms with E-state index in [9.17, 15) is 8.42 Å². The summed E-state index contributed by atoms with van der Waals surface area (Å²) < 4.78 is -4.05. The lowest BCUT2D eigenvalue weighted by molar-refractivity contribution is 0.270. The molecule has 0 aliphatic carbocycles. The lowest BCUT2D eigenvalue weighted by Gasteiger charge is -2.63. The molecule has 0 aromatic rings. The van der Waals surface area contributed by atoms with Crippen molar-refractivity contribution in [3.05, 3.63) is 0 Å². The molecular formula is C23HBr47O3S. The molecule has 0 aliphatic heterocycles. The molecule has 0 bridgehead atoms. The molecule has 0 aliphatic rings. The zero-order chi connectivity index (χ0) is 61.8. The van der Waals surface area contributed by atoms with Gasteiger partial charge in [0.2, 0.25) is 3.42 Å². The predicted molar refractivity (Wildman–Crippen MR) is 494 cm³/mol. The summed E-state index contributed by atoms with van der Waals surface area (Å²) in [6.07, 6.45) is 0. The van der Waals surface area contributed by atoms with Crippen LogP contribution in [0.1, 0.15) is 0 Å². The smallest absolute Gasteiger partial charge is 0.239 e. The van der Waals surface area contributed by atoms with Gasteiger partial charge >= 0.3 is 0 Å². The third kappa shape index (κ3) is 16.2. The fourth-order valence-electron chi connectivity index (χ4n) is 4.26. The zero-order valence-electron chi connectivity index (χ0n) is 30.9. The van der Waals surface area contributed by atoms with Crippen LogP contribution in [0.15, 0.2) is 0 Å². The average Bonchev–Trinajstić information content (AvgIpc) is 3.15. The van der Waals surface area contributed by atoms with Crippen LogP contribution in [0.5, 0.6) is 0 Å². The van der Waals surface area contributed by atoms with Gasteiger partial charge in [0.15, 0.2) is 5.38 Å². The highest BCUT2D eigenvalue weighted by Crippen LogP contribution is 2.86. The Hall–Kier alpha value is 22.5. The number of halogens is 47. The molecule has 0 spiro atoms. The molecule has 0 rings (SSSR count). The van der Waals surface area contributed by atoms with Crippen molar-refractivity contribution in [1.82, 2.24) is 0 Å². The molecule has 446 valence electrons. The highest BCUT2D eigenvalue weighted by Gasteiger charge is 2.86. The maximum Gasteiger partial charge on any atom is 0.259 e. The van der Waals surface area contributed by atoms with Gasteiger partial charge < -0.3 is 0 Å². The Morgan fingerprint density at radius 1 is 0.162 bits per heavy atom. The number of hydrogen-bond acceptors (Lipinski definition) is 3. The minimum absolute atomic E-state index is 0.958. The van der Waals surface area contributed by atoms with Gasteiger partial charge in [-0.1, -0.05) is 717 Å². The highest BCUT2D eigenvalue weighted by atomic mass is 80.0. The topological polar surface area (TPSA) is 43.4 Å². The van der Waals surface area contributed by atoms with Crippen LogP contribution >= 0.6 is 749 Å². The lowest BCUT2D eigenvalue weighted by atomic mass is 10.0. The third-order valence-corrected chi connectivity index (χ3v) is 111. The summed E-state index contributed by atoms with van der Waals surface area (Å²) in [7, 11) is -3.39. The molecule has 0 N–H and O–H groups in total. The van der Waals surface area contributed by atoms with Gasteiger partial charge in [-0.3, -0.25) is 0 Å². The molecule has 0 radical (unpaired) electrons. The monoisotopic (exact) mass is 4070 g/mol. The highest BCUT2D eigenvalue weighted by molar-refractivity contribution is 9.44. The second-order valence-corrected chi connectivity index (χ2v) is 96.4.